The Morgan fingerprint density at radius 1 is 1.20 bits per heavy atom. The second-order valence-electron chi connectivity index (χ2n) is 5.88. The van der Waals surface area contributed by atoms with Crippen molar-refractivity contribution in [3.8, 4) is 0 Å². The highest BCUT2D eigenvalue weighted by Crippen LogP contribution is 2.27. The molecule has 9 heteroatoms. The average Bonchev–Trinajstić information content (AvgIpc) is 3.17. The summed E-state index contributed by atoms with van der Waals surface area (Å²) >= 11 is 1.24. The van der Waals surface area contributed by atoms with E-state index in [0.29, 0.717) is 17.7 Å². The molecule has 0 bridgehead atoms. The molecule has 2 rings (SSSR count). The highest BCUT2D eigenvalue weighted by Gasteiger charge is 2.50. The molecule has 0 aliphatic carbocycles. The van der Waals surface area contributed by atoms with Gasteiger partial charge in [0.2, 0.25) is 0 Å². The molecule has 3 N–H and O–H groups in total. The third-order valence-electron chi connectivity index (χ3n) is 3.96. The van der Waals surface area contributed by atoms with Gasteiger partial charge in [-0.1, -0.05) is 32.8 Å². The third kappa shape index (κ3) is 4.16. The Morgan fingerprint density at radius 3 is 2.44 bits per heavy atom. The first-order chi connectivity index (χ1) is 11.9. The van der Waals surface area contributed by atoms with Gasteiger partial charge in [-0.05, 0) is 24.3 Å². The van der Waals surface area contributed by atoms with Gasteiger partial charge in [0, 0.05) is 0 Å². The molecule has 1 aromatic rings. The number of carbonyl (C=O) groups is 4. The Hall–Kier alpha value is -2.42. The predicted molar refractivity (Wildman–Crippen MR) is 92.7 cm³/mol. The lowest BCUT2D eigenvalue weighted by Gasteiger charge is -2.25. The maximum Gasteiger partial charge on any atom is 0.325 e. The van der Waals surface area contributed by atoms with E-state index in [9.17, 15) is 19.2 Å². The molecule has 5 amide bonds. The zero-order valence-electron chi connectivity index (χ0n) is 14.3. The van der Waals surface area contributed by atoms with Gasteiger partial charge in [-0.3, -0.25) is 30.1 Å². The number of nitrogens with zero attached hydrogens (tertiary/aromatic N) is 1. The van der Waals surface area contributed by atoms with Crippen LogP contribution in [0.1, 0.15) is 49.2 Å². The van der Waals surface area contributed by atoms with E-state index in [2.05, 4.69) is 16.2 Å². The van der Waals surface area contributed by atoms with Crippen molar-refractivity contribution >= 4 is 35.1 Å². The van der Waals surface area contributed by atoms with Gasteiger partial charge in [0.1, 0.15) is 12.1 Å². The number of thiophene rings is 1. The van der Waals surface area contributed by atoms with Gasteiger partial charge in [0.25, 0.3) is 17.7 Å². The van der Waals surface area contributed by atoms with Crippen LogP contribution in [0.3, 0.4) is 0 Å². The molecule has 1 aromatic heterocycles. The fourth-order valence-corrected chi connectivity index (χ4v) is 3.54. The molecule has 1 aliphatic rings. The molecule has 2 heterocycles. The summed E-state index contributed by atoms with van der Waals surface area (Å²) in [6.45, 7) is 3.43. The minimum atomic E-state index is -0.929. The standard InChI is InChI=1S/C16H22N4O4S/c1-3-7-16(8-4-2)14(23)20(15(24)17-16)10-12(21)18-19-13(22)11-6-5-9-25-11/h5-6,9H,3-4,7-8,10H2,1-2H3,(H,17,24)(H,18,21)(H,19,22). The Kier molecular flexibility index (Phi) is 6.13. The number of hydrazine groups is 1. The lowest BCUT2D eigenvalue weighted by atomic mass is 9.88. The van der Waals surface area contributed by atoms with Crippen LogP contribution >= 0.6 is 11.3 Å². The zero-order valence-corrected chi connectivity index (χ0v) is 15.1. The molecule has 0 radical (unpaired) electrons. The van der Waals surface area contributed by atoms with Gasteiger partial charge in [-0.15, -0.1) is 11.3 Å². The number of urea groups is 1. The van der Waals surface area contributed by atoms with Gasteiger partial charge in [-0.2, -0.15) is 0 Å². The van der Waals surface area contributed by atoms with E-state index >= 15 is 0 Å². The van der Waals surface area contributed by atoms with Gasteiger partial charge >= 0.3 is 6.03 Å². The van der Waals surface area contributed by atoms with E-state index in [1.165, 1.54) is 11.3 Å². The number of imide groups is 1. The highest BCUT2D eigenvalue weighted by atomic mass is 32.1. The number of rotatable bonds is 7. The Bertz CT molecular complexity index is 653. The van der Waals surface area contributed by atoms with Crippen molar-refractivity contribution in [1.82, 2.24) is 21.1 Å². The lowest BCUT2D eigenvalue weighted by molar-refractivity contribution is -0.135. The normalized spacial score (nSPS) is 15.8. The Labute approximate surface area is 149 Å². The topological polar surface area (TPSA) is 108 Å². The fraction of sp³-hybridized carbons (Fsp3) is 0.500. The maximum absolute atomic E-state index is 12.7. The van der Waals surface area contributed by atoms with Crippen molar-refractivity contribution in [3.05, 3.63) is 22.4 Å². The molecule has 8 nitrogen and oxygen atoms in total. The molecular formula is C16H22N4O4S. The Balaban J connectivity index is 1.94. The zero-order chi connectivity index (χ0) is 18.4. The summed E-state index contributed by atoms with van der Waals surface area (Å²) in [4.78, 5) is 49.9. The number of nitrogens with one attached hydrogen (secondary N) is 3. The van der Waals surface area contributed by atoms with E-state index in [0.717, 1.165) is 17.7 Å². The largest absolute Gasteiger partial charge is 0.325 e. The van der Waals surface area contributed by atoms with Crippen LogP contribution in [0.25, 0.3) is 0 Å². The first kappa shape index (κ1) is 18.9. The molecule has 0 aromatic carbocycles. The van der Waals surface area contributed by atoms with Crippen molar-refractivity contribution in [2.45, 2.75) is 45.1 Å². The van der Waals surface area contributed by atoms with E-state index in [1.807, 2.05) is 13.8 Å². The van der Waals surface area contributed by atoms with E-state index in [4.69, 9.17) is 0 Å². The van der Waals surface area contributed by atoms with Crippen LogP contribution in [-0.4, -0.2) is 40.7 Å². The molecule has 1 aliphatic heterocycles. The van der Waals surface area contributed by atoms with Crippen LogP contribution in [0.4, 0.5) is 4.79 Å². The second kappa shape index (κ2) is 8.11. The van der Waals surface area contributed by atoms with Gasteiger partial charge in [-0.25, -0.2) is 4.79 Å². The summed E-state index contributed by atoms with van der Waals surface area (Å²) in [6, 6.07) is 2.76. The second-order valence-corrected chi connectivity index (χ2v) is 6.83. The number of amides is 5. The summed E-state index contributed by atoms with van der Waals surface area (Å²) < 4.78 is 0. The highest BCUT2D eigenvalue weighted by molar-refractivity contribution is 7.12. The minimum absolute atomic E-state index is 0.388. The molecule has 25 heavy (non-hydrogen) atoms. The average molecular weight is 366 g/mol. The monoisotopic (exact) mass is 366 g/mol. The molecule has 0 spiro atoms. The molecule has 136 valence electrons. The quantitative estimate of drug-likeness (QED) is 0.501. The predicted octanol–water partition coefficient (Wildman–Crippen LogP) is 1.40. The molecule has 0 unspecified atom stereocenters. The SMILES string of the molecule is CCCC1(CCC)NC(=O)N(CC(=O)NNC(=O)c2cccs2)C1=O. The number of hydrogen-bond acceptors (Lipinski definition) is 5. The fourth-order valence-electron chi connectivity index (χ4n) is 2.92. The summed E-state index contributed by atoms with van der Waals surface area (Å²) in [5.74, 6) is -1.48. The smallest absolute Gasteiger partial charge is 0.323 e. The van der Waals surface area contributed by atoms with Crippen LogP contribution in [0.5, 0.6) is 0 Å². The van der Waals surface area contributed by atoms with Crippen molar-refractivity contribution in [3.63, 3.8) is 0 Å². The summed E-state index contributed by atoms with van der Waals surface area (Å²) in [5.41, 5.74) is 3.56. The summed E-state index contributed by atoms with van der Waals surface area (Å²) in [5, 5.41) is 4.47. The minimum Gasteiger partial charge on any atom is -0.323 e. The van der Waals surface area contributed by atoms with E-state index < -0.39 is 29.9 Å². The van der Waals surface area contributed by atoms with E-state index in [1.54, 1.807) is 17.5 Å². The van der Waals surface area contributed by atoms with Gasteiger partial charge in [0.05, 0.1) is 4.88 Å². The van der Waals surface area contributed by atoms with Crippen LogP contribution in [0.2, 0.25) is 0 Å². The van der Waals surface area contributed by atoms with Crippen molar-refractivity contribution in [1.29, 1.82) is 0 Å². The molecule has 0 saturated carbocycles. The third-order valence-corrected chi connectivity index (χ3v) is 4.83. The van der Waals surface area contributed by atoms with Gasteiger partial charge in [0.15, 0.2) is 0 Å². The van der Waals surface area contributed by atoms with Gasteiger partial charge < -0.3 is 5.32 Å². The molecular weight excluding hydrogens is 344 g/mol. The summed E-state index contributed by atoms with van der Waals surface area (Å²) in [6.07, 6.45) is 2.53. The molecule has 1 fully saturated rings. The Morgan fingerprint density at radius 2 is 1.88 bits per heavy atom. The van der Waals surface area contributed by atoms with Crippen molar-refractivity contribution < 1.29 is 19.2 Å². The summed E-state index contributed by atoms with van der Waals surface area (Å²) in [7, 11) is 0. The number of hydrogen-bond donors (Lipinski definition) is 3. The van der Waals surface area contributed by atoms with Crippen LogP contribution in [0, 0.1) is 0 Å². The molecule has 1 saturated heterocycles. The van der Waals surface area contributed by atoms with Crippen LogP contribution < -0.4 is 16.2 Å². The lowest BCUT2D eigenvalue weighted by Crippen LogP contribution is -2.49. The molecule has 0 atom stereocenters. The van der Waals surface area contributed by atoms with E-state index in [-0.39, 0.29) is 5.91 Å². The van der Waals surface area contributed by atoms with Crippen molar-refractivity contribution in [2.75, 3.05) is 6.54 Å². The number of carbonyl (C=O) groups excluding carboxylic acids is 4. The van der Waals surface area contributed by atoms with Crippen LogP contribution in [0.15, 0.2) is 17.5 Å². The maximum atomic E-state index is 12.7. The first-order valence-electron chi connectivity index (χ1n) is 8.20. The van der Waals surface area contributed by atoms with Crippen LogP contribution in [-0.2, 0) is 9.59 Å². The first-order valence-corrected chi connectivity index (χ1v) is 9.08. The van der Waals surface area contributed by atoms with Crippen molar-refractivity contribution in [2.24, 2.45) is 0 Å².